The average molecular weight is 501 g/mol. The third kappa shape index (κ3) is 15.1. The third-order valence-corrected chi connectivity index (χ3v) is 8.04. The van der Waals surface area contributed by atoms with Gasteiger partial charge in [0.25, 0.3) is 0 Å². The van der Waals surface area contributed by atoms with Crippen molar-refractivity contribution in [3.8, 4) is 0 Å². The molecule has 0 saturated carbocycles. The van der Waals surface area contributed by atoms with Crippen molar-refractivity contribution >= 4 is 114 Å². The van der Waals surface area contributed by atoms with E-state index in [1.807, 2.05) is 0 Å². The van der Waals surface area contributed by atoms with Crippen LogP contribution in [0.25, 0.3) is 0 Å². The zero-order chi connectivity index (χ0) is 18.7. The lowest BCUT2D eigenvalue weighted by atomic mass is 10.0. The van der Waals surface area contributed by atoms with Crippen molar-refractivity contribution in [3.05, 3.63) is 0 Å². The van der Waals surface area contributed by atoms with Gasteiger partial charge in [0.1, 0.15) is 0 Å². The second-order valence-electron chi connectivity index (χ2n) is 6.36. The van der Waals surface area contributed by atoms with E-state index < -0.39 is 0 Å². The summed E-state index contributed by atoms with van der Waals surface area (Å²) in [6.07, 6.45) is 5.75. The lowest BCUT2D eigenvalue weighted by molar-refractivity contribution is 0.586. The SMILES string of the molecule is SCC(S)CC(S)CC(S)CC(S)CC(S)CC(S)CC(S)CS. The van der Waals surface area contributed by atoms with Crippen molar-refractivity contribution in [2.45, 2.75) is 75.3 Å². The molecule has 0 amide bonds. The molecular formula is C15H32S9. The first-order valence-corrected chi connectivity index (χ1v) is 13.0. The Morgan fingerprint density at radius 2 is 0.500 bits per heavy atom. The molecule has 0 saturated heterocycles. The molecule has 0 rings (SSSR count). The van der Waals surface area contributed by atoms with Gasteiger partial charge < -0.3 is 0 Å². The smallest absolute Gasteiger partial charge is 0.0115 e. The topological polar surface area (TPSA) is 0 Å². The first kappa shape index (κ1) is 27.1. The predicted molar refractivity (Wildman–Crippen MR) is 145 cm³/mol. The quantitative estimate of drug-likeness (QED) is 0.143. The molecule has 0 N–H and O–H groups in total. The molecular weight excluding hydrogens is 469 g/mol. The Hall–Kier alpha value is 3.15. The molecule has 0 spiro atoms. The minimum atomic E-state index is 0.296. The summed E-state index contributed by atoms with van der Waals surface area (Å²) in [6.45, 7) is 0. The number of hydrogen-bond donors (Lipinski definition) is 9. The first-order valence-electron chi connectivity index (χ1n) is 8.16. The Morgan fingerprint density at radius 1 is 0.333 bits per heavy atom. The minimum Gasteiger partial charge on any atom is -0.178 e. The van der Waals surface area contributed by atoms with Crippen LogP contribution in [-0.2, 0) is 0 Å². The summed E-state index contributed by atoms with van der Waals surface area (Å²) < 4.78 is 0. The van der Waals surface area contributed by atoms with E-state index in [9.17, 15) is 0 Å². The zero-order valence-corrected chi connectivity index (χ0v) is 21.8. The van der Waals surface area contributed by atoms with Crippen LogP contribution in [0.2, 0.25) is 0 Å². The van der Waals surface area contributed by atoms with Crippen molar-refractivity contribution in [2.75, 3.05) is 11.5 Å². The normalized spacial score (nSPS) is 20.9. The van der Waals surface area contributed by atoms with E-state index in [0.717, 1.165) is 50.0 Å². The molecule has 0 radical (unpaired) electrons. The maximum atomic E-state index is 4.73. The highest BCUT2D eigenvalue weighted by Gasteiger charge is 2.20. The van der Waals surface area contributed by atoms with E-state index in [4.69, 9.17) is 37.9 Å². The maximum Gasteiger partial charge on any atom is 0.0115 e. The number of rotatable bonds is 14. The summed E-state index contributed by atoms with van der Waals surface area (Å²) in [7, 11) is 0. The molecule has 24 heavy (non-hydrogen) atoms. The summed E-state index contributed by atoms with van der Waals surface area (Å²) >= 11 is 40.9. The molecule has 9 heteroatoms. The van der Waals surface area contributed by atoms with Crippen LogP contribution in [0.3, 0.4) is 0 Å². The van der Waals surface area contributed by atoms with Crippen molar-refractivity contribution in [3.63, 3.8) is 0 Å². The molecule has 0 nitrogen and oxygen atoms in total. The van der Waals surface area contributed by atoms with Crippen molar-refractivity contribution in [2.24, 2.45) is 0 Å². The highest BCUT2D eigenvalue weighted by Crippen LogP contribution is 2.27. The molecule has 0 fully saturated rings. The second kappa shape index (κ2) is 16.0. The Labute approximate surface area is 198 Å². The Morgan fingerprint density at radius 3 is 0.667 bits per heavy atom. The Bertz CT molecular complexity index is 277. The maximum absolute atomic E-state index is 4.73. The molecule has 0 aromatic carbocycles. The van der Waals surface area contributed by atoms with Gasteiger partial charge in [-0.3, -0.25) is 0 Å². The van der Waals surface area contributed by atoms with Crippen LogP contribution in [0.5, 0.6) is 0 Å². The monoisotopic (exact) mass is 500 g/mol. The fourth-order valence-corrected chi connectivity index (χ4v) is 6.86. The molecule has 0 aromatic rings. The van der Waals surface area contributed by atoms with Crippen LogP contribution in [0.15, 0.2) is 0 Å². The van der Waals surface area contributed by atoms with Gasteiger partial charge >= 0.3 is 0 Å². The zero-order valence-electron chi connectivity index (χ0n) is 13.7. The van der Waals surface area contributed by atoms with Gasteiger partial charge in [-0.25, -0.2) is 0 Å². The van der Waals surface area contributed by atoms with E-state index in [1.54, 1.807) is 0 Å². The first-order chi connectivity index (χ1) is 11.2. The standard InChI is InChI=1S/C15H32S9/c16-7-14(23)5-12(21)3-10(19)1-9(18)2-11(20)4-13(22)6-15(24)8-17/h9-24H,1-8H2. The Kier molecular flexibility index (Phi) is 18.1. The molecule has 0 aliphatic carbocycles. The predicted octanol–water partition coefficient (Wildman–Crippen LogP) is 5.28. The average Bonchev–Trinajstić information content (AvgIpc) is 2.45. The summed E-state index contributed by atoms with van der Waals surface area (Å²) in [5.74, 6) is 1.55. The largest absolute Gasteiger partial charge is 0.178 e. The third-order valence-electron chi connectivity index (χ3n) is 3.69. The second-order valence-corrected chi connectivity index (χ2v) is 12.2. The van der Waals surface area contributed by atoms with E-state index in [1.165, 1.54) is 0 Å². The van der Waals surface area contributed by atoms with E-state index in [0.29, 0.717) is 36.7 Å². The summed E-state index contributed by atoms with van der Waals surface area (Å²) in [5.41, 5.74) is 0. The van der Waals surface area contributed by atoms with Crippen LogP contribution >= 0.6 is 114 Å². The summed E-state index contributed by atoms with van der Waals surface area (Å²) in [4.78, 5) is 0. The molecule has 6 atom stereocenters. The fourth-order valence-electron chi connectivity index (χ4n) is 2.51. The molecule has 6 unspecified atom stereocenters. The Balaban J connectivity index is 4.03. The summed E-state index contributed by atoms with van der Waals surface area (Å²) in [6, 6.07) is 0. The molecule has 146 valence electrons. The van der Waals surface area contributed by atoms with E-state index in [2.05, 4.69) is 75.8 Å². The summed E-state index contributed by atoms with van der Waals surface area (Å²) in [5, 5.41) is 2.11. The minimum absolute atomic E-state index is 0.296. The van der Waals surface area contributed by atoms with Gasteiger partial charge in [0, 0.05) is 48.3 Å². The van der Waals surface area contributed by atoms with E-state index in [-0.39, 0.29) is 0 Å². The van der Waals surface area contributed by atoms with Crippen LogP contribution in [0, 0.1) is 0 Å². The molecule has 0 heterocycles. The van der Waals surface area contributed by atoms with Crippen LogP contribution in [0.4, 0.5) is 0 Å². The molecule has 0 aliphatic heterocycles. The lowest BCUT2D eigenvalue weighted by Gasteiger charge is -2.23. The van der Waals surface area contributed by atoms with Crippen LogP contribution in [-0.4, -0.2) is 48.3 Å². The van der Waals surface area contributed by atoms with Gasteiger partial charge in [-0.1, -0.05) is 0 Å². The molecule has 0 bridgehead atoms. The van der Waals surface area contributed by atoms with Gasteiger partial charge in [0.15, 0.2) is 0 Å². The number of hydrogen-bond acceptors (Lipinski definition) is 9. The van der Waals surface area contributed by atoms with Crippen LogP contribution < -0.4 is 0 Å². The van der Waals surface area contributed by atoms with Crippen molar-refractivity contribution in [1.82, 2.24) is 0 Å². The molecule has 0 aromatic heterocycles. The van der Waals surface area contributed by atoms with Gasteiger partial charge in [-0.05, 0) is 38.5 Å². The van der Waals surface area contributed by atoms with Crippen molar-refractivity contribution < 1.29 is 0 Å². The van der Waals surface area contributed by atoms with Gasteiger partial charge in [-0.2, -0.15) is 114 Å². The lowest BCUT2D eigenvalue weighted by Crippen LogP contribution is -2.21. The fraction of sp³-hybridized carbons (Fsp3) is 1.00. The van der Waals surface area contributed by atoms with Gasteiger partial charge in [0.05, 0.1) is 0 Å². The van der Waals surface area contributed by atoms with Crippen molar-refractivity contribution in [1.29, 1.82) is 0 Å². The highest BCUT2D eigenvalue weighted by molar-refractivity contribution is 7.85. The van der Waals surface area contributed by atoms with Gasteiger partial charge in [-0.15, -0.1) is 0 Å². The van der Waals surface area contributed by atoms with E-state index >= 15 is 0 Å². The van der Waals surface area contributed by atoms with Crippen LogP contribution in [0.1, 0.15) is 38.5 Å². The highest BCUT2D eigenvalue weighted by atomic mass is 32.1. The van der Waals surface area contributed by atoms with Gasteiger partial charge in [0.2, 0.25) is 0 Å². The molecule has 0 aliphatic rings. The number of thiol groups is 9.